The van der Waals surface area contributed by atoms with E-state index in [1.807, 2.05) is 24.3 Å². The predicted molar refractivity (Wildman–Crippen MR) is 112 cm³/mol. The number of ether oxygens (including phenoxy) is 2. The van der Waals surface area contributed by atoms with Crippen molar-refractivity contribution in [3.05, 3.63) is 59.2 Å². The molecule has 2 amide bonds. The second-order valence-corrected chi connectivity index (χ2v) is 6.48. The summed E-state index contributed by atoms with van der Waals surface area (Å²) in [4.78, 5) is 26.8. The van der Waals surface area contributed by atoms with Crippen LogP contribution < -0.4 is 19.7 Å². The third kappa shape index (κ3) is 3.75. The van der Waals surface area contributed by atoms with E-state index in [1.54, 1.807) is 18.2 Å². The molecule has 144 valence electrons. The molecule has 0 spiro atoms. The van der Waals surface area contributed by atoms with Crippen LogP contribution in [0.15, 0.2) is 48.0 Å². The molecular weight excluding hydrogens is 376 g/mol. The molecule has 1 fully saturated rings. The molecule has 7 heteroatoms. The number of hydrogen-bond donors (Lipinski definition) is 1. The summed E-state index contributed by atoms with van der Waals surface area (Å²) in [7, 11) is 3.06. The van der Waals surface area contributed by atoms with Gasteiger partial charge >= 0.3 is 0 Å². The number of amides is 2. The fourth-order valence-corrected chi connectivity index (χ4v) is 3.16. The SMILES string of the molecule is CCc1ccc(N2C(=O)C(=Cc3ccc(OC)c(OC)c3)C(=O)NC2=S)cc1. The van der Waals surface area contributed by atoms with Crippen LogP contribution in [-0.2, 0) is 16.0 Å². The Morgan fingerprint density at radius 1 is 1.04 bits per heavy atom. The van der Waals surface area contributed by atoms with Crippen molar-refractivity contribution in [1.29, 1.82) is 0 Å². The minimum absolute atomic E-state index is 0.0135. The van der Waals surface area contributed by atoms with Crippen molar-refractivity contribution in [2.45, 2.75) is 13.3 Å². The Kier molecular flexibility index (Phi) is 5.75. The van der Waals surface area contributed by atoms with Crippen LogP contribution in [0, 0.1) is 0 Å². The van der Waals surface area contributed by atoms with E-state index in [0.717, 1.165) is 12.0 Å². The highest BCUT2D eigenvalue weighted by Gasteiger charge is 2.34. The first-order valence-electron chi connectivity index (χ1n) is 8.71. The normalized spacial score (nSPS) is 15.6. The summed E-state index contributed by atoms with van der Waals surface area (Å²) in [6, 6.07) is 12.6. The number of nitrogens with one attached hydrogen (secondary N) is 1. The second-order valence-electron chi connectivity index (χ2n) is 6.09. The molecule has 0 unspecified atom stereocenters. The van der Waals surface area contributed by atoms with E-state index in [9.17, 15) is 9.59 Å². The summed E-state index contributed by atoms with van der Waals surface area (Å²) in [6.07, 6.45) is 2.40. The van der Waals surface area contributed by atoms with Gasteiger partial charge in [0.2, 0.25) is 0 Å². The lowest BCUT2D eigenvalue weighted by molar-refractivity contribution is -0.122. The number of carbonyl (C=O) groups excluding carboxylic acids is 2. The topological polar surface area (TPSA) is 67.9 Å². The molecule has 0 radical (unpaired) electrons. The van der Waals surface area contributed by atoms with Gasteiger partial charge in [0, 0.05) is 0 Å². The molecule has 1 N–H and O–H groups in total. The second kappa shape index (κ2) is 8.22. The first-order chi connectivity index (χ1) is 13.5. The first kappa shape index (κ1) is 19.6. The van der Waals surface area contributed by atoms with Gasteiger partial charge in [-0.25, -0.2) is 0 Å². The Bertz CT molecular complexity index is 967. The molecule has 6 nitrogen and oxygen atoms in total. The van der Waals surface area contributed by atoms with Crippen LogP contribution in [0.4, 0.5) is 5.69 Å². The third-order valence-corrected chi connectivity index (χ3v) is 4.71. The van der Waals surface area contributed by atoms with Gasteiger partial charge in [-0.15, -0.1) is 0 Å². The zero-order valence-electron chi connectivity index (χ0n) is 15.8. The van der Waals surface area contributed by atoms with Gasteiger partial charge in [0.05, 0.1) is 19.9 Å². The lowest BCUT2D eigenvalue weighted by Crippen LogP contribution is -2.54. The predicted octanol–water partition coefficient (Wildman–Crippen LogP) is 3.10. The van der Waals surface area contributed by atoms with Gasteiger partial charge in [-0.2, -0.15) is 0 Å². The maximum absolute atomic E-state index is 13.0. The smallest absolute Gasteiger partial charge is 0.270 e. The van der Waals surface area contributed by atoms with Crippen molar-refractivity contribution >= 4 is 40.9 Å². The monoisotopic (exact) mass is 396 g/mol. The summed E-state index contributed by atoms with van der Waals surface area (Å²) in [5, 5.41) is 2.64. The van der Waals surface area contributed by atoms with Crippen LogP contribution in [0.5, 0.6) is 11.5 Å². The molecule has 0 aromatic heterocycles. The van der Waals surface area contributed by atoms with Gasteiger partial charge < -0.3 is 9.47 Å². The number of methoxy groups -OCH3 is 2. The van der Waals surface area contributed by atoms with Crippen molar-refractivity contribution in [2.75, 3.05) is 19.1 Å². The standard InChI is InChI=1S/C21H20N2O4S/c1-4-13-5-8-15(9-6-13)23-20(25)16(19(24)22-21(23)28)11-14-7-10-17(26-2)18(12-14)27-3/h5-12H,4H2,1-3H3,(H,22,24,28). The van der Waals surface area contributed by atoms with Crippen molar-refractivity contribution in [3.63, 3.8) is 0 Å². The van der Waals surface area contributed by atoms with Crippen LogP contribution in [0.1, 0.15) is 18.1 Å². The van der Waals surface area contributed by atoms with Gasteiger partial charge in [-0.3, -0.25) is 19.8 Å². The van der Waals surface area contributed by atoms with Gasteiger partial charge in [0.1, 0.15) is 5.57 Å². The van der Waals surface area contributed by atoms with E-state index in [4.69, 9.17) is 21.7 Å². The quantitative estimate of drug-likeness (QED) is 0.478. The fraction of sp³-hybridized carbons (Fsp3) is 0.190. The molecule has 0 aliphatic carbocycles. The number of hydrogen-bond acceptors (Lipinski definition) is 5. The Hall–Kier alpha value is -3.19. The zero-order valence-corrected chi connectivity index (χ0v) is 16.6. The van der Waals surface area contributed by atoms with Crippen molar-refractivity contribution in [3.8, 4) is 11.5 Å². The summed E-state index contributed by atoms with van der Waals surface area (Å²) < 4.78 is 10.5. The van der Waals surface area contributed by atoms with E-state index in [2.05, 4.69) is 12.2 Å². The maximum atomic E-state index is 13.0. The summed E-state index contributed by atoms with van der Waals surface area (Å²) in [5.74, 6) is 0.0462. The van der Waals surface area contributed by atoms with E-state index < -0.39 is 11.8 Å². The number of carbonyl (C=O) groups is 2. The molecule has 1 saturated heterocycles. The minimum Gasteiger partial charge on any atom is -0.493 e. The lowest BCUT2D eigenvalue weighted by atomic mass is 10.1. The number of anilines is 1. The average molecular weight is 396 g/mol. The summed E-state index contributed by atoms with van der Waals surface area (Å²) >= 11 is 5.22. The van der Waals surface area contributed by atoms with Crippen molar-refractivity contribution in [2.24, 2.45) is 0 Å². The zero-order chi connectivity index (χ0) is 20.3. The van der Waals surface area contributed by atoms with Crippen LogP contribution in [0.3, 0.4) is 0 Å². The van der Waals surface area contributed by atoms with Gasteiger partial charge in [0.15, 0.2) is 16.6 Å². The van der Waals surface area contributed by atoms with Crippen molar-refractivity contribution in [1.82, 2.24) is 5.32 Å². The van der Waals surface area contributed by atoms with Crippen LogP contribution >= 0.6 is 12.2 Å². The fourth-order valence-electron chi connectivity index (χ4n) is 2.88. The third-order valence-electron chi connectivity index (χ3n) is 4.42. The van der Waals surface area contributed by atoms with Crippen LogP contribution in [-0.4, -0.2) is 31.1 Å². The van der Waals surface area contributed by atoms with E-state index >= 15 is 0 Å². The molecule has 1 heterocycles. The van der Waals surface area contributed by atoms with E-state index in [-0.39, 0.29) is 10.7 Å². The highest BCUT2D eigenvalue weighted by molar-refractivity contribution is 7.80. The average Bonchev–Trinajstić information content (AvgIpc) is 2.71. The number of benzene rings is 2. The number of nitrogens with zero attached hydrogens (tertiary/aromatic N) is 1. The lowest BCUT2D eigenvalue weighted by Gasteiger charge is -2.29. The Balaban J connectivity index is 1.98. The van der Waals surface area contributed by atoms with Gasteiger partial charge in [0.25, 0.3) is 11.8 Å². The summed E-state index contributed by atoms with van der Waals surface area (Å²) in [5.41, 5.74) is 2.36. The molecular formula is C21H20N2O4S. The molecule has 0 saturated carbocycles. The number of thiocarbonyl (C=S) groups is 1. The van der Waals surface area contributed by atoms with Gasteiger partial charge in [-0.1, -0.05) is 25.1 Å². The van der Waals surface area contributed by atoms with Crippen LogP contribution in [0.2, 0.25) is 0 Å². The highest BCUT2D eigenvalue weighted by Crippen LogP contribution is 2.29. The largest absolute Gasteiger partial charge is 0.493 e. The molecule has 0 atom stereocenters. The molecule has 1 aliphatic rings. The highest BCUT2D eigenvalue weighted by atomic mass is 32.1. The van der Waals surface area contributed by atoms with E-state index in [1.165, 1.54) is 25.2 Å². The Morgan fingerprint density at radius 2 is 1.71 bits per heavy atom. The molecule has 3 rings (SSSR count). The Morgan fingerprint density at radius 3 is 2.32 bits per heavy atom. The number of rotatable bonds is 5. The maximum Gasteiger partial charge on any atom is 0.270 e. The molecule has 0 bridgehead atoms. The molecule has 28 heavy (non-hydrogen) atoms. The minimum atomic E-state index is -0.536. The van der Waals surface area contributed by atoms with E-state index in [0.29, 0.717) is 22.7 Å². The summed E-state index contributed by atoms with van der Waals surface area (Å²) in [6.45, 7) is 2.05. The Labute approximate surface area is 168 Å². The molecule has 2 aromatic rings. The van der Waals surface area contributed by atoms with Gasteiger partial charge in [-0.05, 0) is 60.1 Å². The first-order valence-corrected chi connectivity index (χ1v) is 9.11. The molecule has 2 aromatic carbocycles. The molecule has 1 aliphatic heterocycles. The number of aryl methyl sites for hydroxylation is 1. The van der Waals surface area contributed by atoms with Crippen LogP contribution in [0.25, 0.3) is 6.08 Å². The van der Waals surface area contributed by atoms with Crippen molar-refractivity contribution < 1.29 is 19.1 Å².